The molecule has 10 heteroatoms. The lowest BCUT2D eigenvalue weighted by Gasteiger charge is -2.08. The molecule has 0 bridgehead atoms. The number of rotatable bonds is 8. The Kier molecular flexibility index (Phi) is 7.26. The van der Waals surface area contributed by atoms with Crippen molar-refractivity contribution in [3.63, 3.8) is 0 Å². The molecule has 0 saturated carbocycles. The average Bonchev–Trinajstić information content (AvgIpc) is 3.33. The molecule has 5 aromatic rings. The first-order valence-corrected chi connectivity index (χ1v) is 12.4. The van der Waals surface area contributed by atoms with Gasteiger partial charge in [-0.05, 0) is 73.0 Å². The topological polar surface area (TPSA) is 113 Å². The Labute approximate surface area is 224 Å². The number of carbonyl (C=O) groups is 2. The fourth-order valence-corrected chi connectivity index (χ4v) is 4.03. The van der Waals surface area contributed by atoms with Crippen LogP contribution in [-0.2, 0) is 11.2 Å². The number of amides is 2. The summed E-state index contributed by atoms with van der Waals surface area (Å²) in [6, 6.07) is 18.9. The maximum atomic E-state index is 13.1. The standard InChI is InChI=1S/C29H26FN7O2/c1-3-31-28(39)24-14-18(2)25(16-32-24)34-29-35-26-13-8-21(17-37(26)36-29)20-6-11-23(12-7-20)33-27(38)15-19-4-9-22(30)10-5-19/h4-14,16-17H,3,15H2,1-2H3,(H,31,39)(H,33,38)(H,34,36). The Balaban J connectivity index is 1.26. The van der Waals surface area contributed by atoms with E-state index in [4.69, 9.17) is 0 Å². The third-order valence-electron chi connectivity index (χ3n) is 6.04. The summed E-state index contributed by atoms with van der Waals surface area (Å²) >= 11 is 0. The van der Waals surface area contributed by atoms with Crippen molar-refractivity contribution in [3.8, 4) is 11.1 Å². The molecule has 0 aliphatic rings. The van der Waals surface area contributed by atoms with E-state index in [0.29, 0.717) is 35.2 Å². The van der Waals surface area contributed by atoms with Gasteiger partial charge in [-0.1, -0.05) is 24.3 Å². The molecular weight excluding hydrogens is 497 g/mol. The number of hydrogen-bond acceptors (Lipinski definition) is 6. The van der Waals surface area contributed by atoms with Crippen LogP contribution in [0, 0.1) is 12.7 Å². The maximum Gasteiger partial charge on any atom is 0.269 e. The van der Waals surface area contributed by atoms with Crippen LogP contribution in [-0.4, -0.2) is 37.9 Å². The number of pyridine rings is 2. The first-order valence-electron chi connectivity index (χ1n) is 12.4. The normalized spacial score (nSPS) is 10.8. The molecule has 0 aliphatic heterocycles. The summed E-state index contributed by atoms with van der Waals surface area (Å²) in [5.41, 5.74) is 5.84. The highest BCUT2D eigenvalue weighted by Crippen LogP contribution is 2.24. The first kappa shape index (κ1) is 25.5. The molecule has 196 valence electrons. The van der Waals surface area contributed by atoms with Crippen LogP contribution in [0.4, 0.5) is 21.7 Å². The molecule has 3 N–H and O–H groups in total. The fourth-order valence-electron chi connectivity index (χ4n) is 4.03. The number of nitrogens with zero attached hydrogens (tertiary/aromatic N) is 4. The monoisotopic (exact) mass is 523 g/mol. The van der Waals surface area contributed by atoms with Crippen molar-refractivity contribution in [2.45, 2.75) is 20.3 Å². The van der Waals surface area contributed by atoms with E-state index in [-0.39, 0.29) is 24.1 Å². The molecule has 0 unspecified atom stereocenters. The van der Waals surface area contributed by atoms with E-state index in [9.17, 15) is 14.0 Å². The molecule has 2 amide bonds. The molecule has 3 aromatic heterocycles. The van der Waals surface area contributed by atoms with Crippen molar-refractivity contribution >= 4 is 34.8 Å². The molecule has 0 atom stereocenters. The smallest absolute Gasteiger partial charge is 0.269 e. The molecule has 9 nitrogen and oxygen atoms in total. The predicted molar refractivity (Wildman–Crippen MR) is 147 cm³/mol. The highest BCUT2D eigenvalue weighted by atomic mass is 19.1. The van der Waals surface area contributed by atoms with Gasteiger partial charge in [0, 0.05) is 24.0 Å². The zero-order valence-corrected chi connectivity index (χ0v) is 21.4. The van der Waals surface area contributed by atoms with Crippen LogP contribution in [0.5, 0.6) is 0 Å². The molecule has 3 heterocycles. The number of hydrogen-bond donors (Lipinski definition) is 3. The van der Waals surface area contributed by atoms with Crippen molar-refractivity contribution in [3.05, 3.63) is 102 Å². The van der Waals surface area contributed by atoms with E-state index in [0.717, 1.165) is 22.3 Å². The number of carbonyl (C=O) groups excluding carboxylic acids is 2. The van der Waals surface area contributed by atoms with Crippen molar-refractivity contribution in [1.29, 1.82) is 0 Å². The number of aromatic nitrogens is 4. The zero-order chi connectivity index (χ0) is 27.4. The van der Waals surface area contributed by atoms with E-state index < -0.39 is 0 Å². The van der Waals surface area contributed by atoms with Crippen LogP contribution in [0.2, 0.25) is 0 Å². The van der Waals surface area contributed by atoms with Crippen molar-refractivity contribution < 1.29 is 14.0 Å². The SMILES string of the molecule is CCNC(=O)c1cc(C)c(Nc2nc3ccc(-c4ccc(NC(=O)Cc5ccc(F)cc5)cc4)cn3n2)cn1. The fraction of sp³-hybridized carbons (Fsp3) is 0.138. The number of anilines is 3. The minimum Gasteiger partial charge on any atom is -0.351 e. The average molecular weight is 524 g/mol. The van der Waals surface area contributed by atoms with E-state index >= 15 is 0 Å². The van der Waals surface area contributed by atoms with Gasteiger partial charge in [-0.25, -0.2) is 13.9 Å². The van der Waals surface area contributed by atoms with Gasteiger partial charge in [-0.2, -0.15) is 4.98 Å². The summed E-state index contributed by atoms with van der Waals surface area (Å²) < 4.78 is 14.8. The van der Waals surface area contributed by atoms with Crippen molar-refractivity contribution in [1.82, 2.24) is 24.9 Å². The van der Waals surface area contributed by atoms with Crippen molar-refractivity contribution in [2.75, 3.05) is 17.2 Å². The number of halogens is 1. The van der Waals surface area contributed by atoms with Crippen LogP contribution in [0.25, 0.3) is 16.8 Å². The van der Waals surface area contributed by atoms with Crippen LogP contribution < -0.4 is 16.0 Å². The van der Waals surface area contributed by atoms with E-state index in [2.05, 4.69) is 31.0 Å². The third kappa shape index (κ3) is 6.07. The minimum absolute atomic E-state index is 0.162. The lowest BCUT2D eigenvalue weighted by molar-refractivity contribution is -0.115. The van der Waals surface area contributed by atoms with Crippen LogP contribution in [0.15, 0.2) is 79.1 Å². The van der Waals surface area contributed by atoms with Gasteiger partial charge in [-0.15, -0.1) is 5.10 Å². The predicted octanol–water partition coefficient (Wildman–Crippen LogP) is 4.91. The largest absolute Gasteiger partial charge is 0.351 e. The van der Waals surface area contributed by atoms with Crippen molar-refractivity contribution in [2.24, 2.45) is 0 Å². The molecule has 5 rings (SSSR count). The number of fused-ring (bicyclic) bond motifs is 1. The Morgan fingerprint density at radius 1 is 0.974 bits per heavy atom. The minimum atomic E-state index is -0.331. The molecule has 0 fully saturated rings. The Bertz CT molecular complexity index is 1650. The van der Waals surface area contributed by atoms with Gasteiger partial charge < -0.3 is 16.0 Å². The Morgan fingerprint density at radius 3 is 2.44 bits per heavy atom. The zero-order valence-electron chi connectivity index (χ0n) is 21.4. The maximum absolute atomic E-state index is 13.1. The number of benzene rings is 2. The highest BCUT2D eigenvalue weighted by Gasteiger charge is 2.11. The summed E-state index contributed by atoms with van der Waals surface area (Å²) in [4.78, 5) is 33.1. The second kappa shape index (κ2) is 11.1. The van der Waals surface area contributed by atoms with Gasteiger partial charge in [0.1, 0.15) is 11.5 Å². The molecule has 0 radical (unpaired) electrons. The quantitative estimate of drug-likeness (QED) is 0.266. The first-order chi connectivity index (χ1) is 18.9. The summed E-state index contributed by atoms with van der Waals surface area (Å²) in [6.45, 7) is 4.28. The van der Waals surface area contributed by atoms with Gasteiger partial charge in [0.25, 0.3) is 5.91 Å². The summed E-state index contributed by atoms with van der Waals surface area (Å²) in [6.07, 6.45) is 3.63. The van der Waals surface area contributed by atoms with E-state index in [1.54, 1.807) is 28.9 Å². The van der Waals surface area contributed by atoms with Crippen LogP contribution in [0.3, 0.4) is 0 Å². The molecule has 2 aromatic carbocycles. The Morgan fingerprint density at radius 2 is 1.72 bits per heavy atom. The molecule has 0 aliphatic carbocycles. The van der Waals surface area contributed by atoms with Gasteiger partial charge in [0.15, 0.2) is 5.65 Å². The third-order valence-corrected chi connectivity index (χ3v) is 6.04. The molecular formula is C29H26FN7O2. The van der Waals surface area contributed by atoms with Gasteiger partial charge in [0.05, 0.1) is 18.3 Å². The second-order valence-electron chi connectivity index (χ2n) is 8.95. The lowest BCUT2D eigenvalue weighted by Crippen LogP contribution is -2.23. The summed E-state index contributed by atoms with van der Waals surface area (Å²) in [5, 5.41) is 13.3. The molecule has 39 heavy (non-hydrogen) atoms. The van der Waals surface area contributed by atoms with Crippen LogP contribution in [0.1, 0.15) is 28.5 Å². The van der Waals surface area contributed by atoms with E-state index in [1.165, 1.54) is 12.1 Å². The summed E-state index contributed by atoms with van der Waals surface area (Å²) in [5.74, 6) is -0.321. The van der Waals surface area contributed by atoms with Gasteiger partial charge >= 0.3 is 0 Å². The van der Waals surface area contributed by atoms with Gasteiger partial charge in [0.2, 0.25) is 11.9 Å². The molecule has 0 saturated heterocycles. The molecule has 0 spiro atoms. The Hall–Kier alpha value is -5.12. The van der Waals surface area contributed by atoms with Gasteiger partial charge in [-0.3, -0.25) is 9.59 Å². The summed E-state index contributed by atoms with van der Waals surface area (Å²) in [7, 11) is 0. The van der Waals surface area contributed by atoms with Crippen LogP contribution >= 0.6 is 0 Å². The highest BCUT2D eigenvalue weighted by molar-refractivity contribution is 5.93. The van der Waals surface area contributed by atoms with E-state index in [1.807, 2.05) is 56.4 Å². The second-order valence-corrected chi connectivity index (χ2v) is 8.95. The number of nitrogens with one attached hydrogen (secondary N) is 3. The number of aryl methyl sites for hydroxylation is 1. The lowest BCUT2D eigenvalue weighted by atomic mass is 10.1.